The minimum absolute atomic E-state index is 0.685. The molecule has 0 bridgehead atoms. The van der Waals surface area contributed by atoms with Gasteiger partial charge in [0.1, 0.15) is 0 Å². The van der Waals surface area contributed by atoms with Crippen molar-refractivity contribution in [3.05, 3.63) is 48.8 Å². The van der Waals surface area contributed by atoms with Crippen molar-refractivity contribution in [3.8, 4) is 22.9 Å². The largest absolute Gasteiger partial charge is 0.493 e. The molecule has 0 N–H and O–H groups in total. The quantitative estimate of drug-likeness (QED) is 0.729. The van der Waals surface area contributed by atoms with E-state index in [-0.39, 0.29) is 0 Å². The van der Waals surface area contributed by atoms with Gasteiger partial charge in [-0.15, -0.1) is 0 Å². The van der Waals surface area contributed by atoms with Crippen LogP contribution in [0.1, 0.15) is 0 Å². The number of hydrogen-bond donors (Lipinski definition) is 0. The number of pyridine rings is 2. The molecular formula is C16H14N2O2. The Kier molecular flexibility index (Phi) is 3.21. The number of benzene rings is 1. The molecule has 0 aliphatic rings. The molecule has 4 nitrogen and oxygen atoms in total. The molecule has 4 heteroatoms. The zero-order valence-corrected chi connectivity index (χ0v) is 11.3. The van der Waals surface area contributed by atoms with Crippen molar-refractivity contribution >= 4 is 10.8 Å². The SMILES string of the molecule is COc1cc2ccnc(-c3ccccn3)c2cc1OC. The Morgan fingerprint density at radius 1 is 0.850 bits per heavy atom. The van der Waals surface area contributed by atoms with Gasteiger partial charge < -0.3 is 9.47 Å². The summed E-state index contributed by atoms with van der Waals surface area (Å²) < 4.78 is 10.7. The molecule has 3 aromatic rings. The van der Waals surface area contributed by atoms with Gasteiger partial charge in [-0.25, -0.2) is 0 Å². The van der Waals surface area contributed by atoms with Crippen molar-refractivity contribution in [2.24, 2.45) is 0 Å². The van der Waals surface area contributed by atoms with Crippen LogP contribution >= 0.6 is 0 Å². The lowest BCUT2D eigenvalue weighted by atomic mass is 10.1. The lowest BCUT2D eigenvalue weighted by Gasteiger charge is -2.11. The predicted molar refractivity (Wildman–Crippen MR) is 78.1 cm³/mol. The van der Waals surface area contributed by atoms with Crippen molar-refractivity contribution in [2.45, 2.75) is 0 Å². The highest BCUT2D eigenvalue weighted by Gasteiger charge is 2.11. The van der Waals surface area contributed by atoms with E-state index in [1.807, 2.05) is 36.4 Å². The maximum absolute atomic E-state index is 5.36. The van der Waals surface area contributed by atoms with E-state index in [2.05, 4.69) is 9.97 Å². The molecule has 20 heavy (non-hydrogen) atoms. The summed E-state index contributed by atoms with van der Waals surface area (Å²) in [4.78, 5) is 8.81. The van der Waals surface area contributed by atoms with Crippen molar-refractivity contribution < 1.29 is 9.47 Å². The number of nitrogens with zero attached hydrogens (tertiary/aromatic N) is 2. The summed E-state index contributed by atoms with van der Waals surface area (Å²) in [6.07, 6.45) is 3.54. The molecule has 100 valence electrons. The zero-order chi connectivity index (χ0) is 13.9. The Labute approximate surface area is 117 Å². The van der Waals surface area contributed by atoms with Crippen LogP contribution in [0.15, 0.2) is 48.8 Å². The molecule has 0 fully saturated rings. The molecule has 0 saturated heterocycles. The number of rotatable bonds is 3. The highest BCUT2D eigenvalue weighted by molar-refractivity contribution is 5.95. The third-order valence-corrected chi connectivity index (χ3v) is 3.18. The van der Waals surface area contributed by atoms with Crippen LogP contribution in [-0.2, 0) is 0 Å². The minimum Gasteiger partial charge on any atom is -0.493 e. The van der Waals surface area contributed by atoms with Gasteiger partial charge in [0.15, 0.2) is 11.5 Å². The van der Waals surface area contributed by atoms with Gasteiger partial charge in [-0.2, -0.15) is 0 Å². The average Bonchev–Trinajstić information content (AvgIpc) is 2.53. The van der Waals surface area contributed by atoms with Gasteiger partial charge in [0.25, 0.3) is 0 Å². The van der Waals surface area contributed by atoms with Crippen molar-refractivity contribution in [1.29, 1.82) is 0 Å². The van der Waals surface area contributed by atoms with Gasteiger partial charge in [0.05, 0.1) is 25.6 Å². The summed E-state index contributed by atoms with van der Waals surface area (Å²) >= 11 is 0. The molecule has 0 amide bonds. The molecule has 0 radical (unpaired) electrons. The second kappa shape index (κ2) is 5.17. The maximum Gasteiger partial charge on any atom is 0.161 e. The Morgan fingerprint density at radius 2 is 1.65 bits per heavy atom. The van der Waals surface area contributed by atoms with Crippen LogP contribution in [0.2, 0.25) is 0 Å². The molecule has 0 unspecified atom stereocenters. The maximum atomic E-state index is 5.36. The standard InChI is InChI=1S/C16H14N2O2/c1-19-14-9-11-6-8-18-16(12(11)10-15(14)20-2)13-5-3-4-7-17-13/h3-10H,1-2H3. The molecule has 2 aromatic heterocycles. The number of aromatic nitrogens is 2. The third-order valence-electron chi connectivity index (χ3n) is 3.18. The fraction of sp³-hybridized carbons (Fsp3) is 0.125. The van der Waals surface area contributed by atoms with Crippen LogP contribution in [0.4, 0.5) is 0 Å². The summed E-state index contributed by atoms with van der Waals surface area (Å²) in [5.74, 6) is 1.39. The number of methoxy groups -OCH3 is 2. The van der Waals surface area contributed by atoms with Gasteiger partial charge >= 0.3 is 0 Å². The normalized spacial score (nSPS) is 10.5. The van der Waals surface area contributed by atoms with Crippen LogP contribution in [0.25, 0.3) is 22.2 Å². The van der Waals surface area contributed by atoms with E-state index < -0.39 is 0 Å². The van der Waals surface area contributed by atoms with Crippen molar-refractivity contribution in [3.63, 3.8) is 0 Å². The number of fused-ring (bicyclic) bond motifs is 1. The highest BCUT2D eigenvalue weighted by Crippen LogP contribution is 2.35. The fourth-order valence-electron chi connectivity index (χ4n) is 2.21. The van der Waals surface area contributed by atoms with E-state index in [4.69, 9.17) is 9.47 Å². The van der Waals surface area contributed by atoms with E-state index in [9.17, 15) is 0 Å². The van der Waals surface area contributed by atoms with E-state index in [1.54, 1.807) is 26.6 Å². The molecule has 0 spiro atoms. The molecular weight excluding hydrogens is 252 g/mol. The average molecular weight is 266 g/mol. The first-order chi connectivity index (χ1) is 9.83. The fourth-order valence-corrected chi connectivity index (χ4v) is 2.21. The van der Waals surface area contributed by atoms with Crippen LogP contribution in [0.3, 0.4) is 0 Å². The Hall–Kier alpha value is -2.62. The lowest BCUT2D eigenvalue weighted by molar-refractivity contribution is 0.356. The predicted octanol–water partition coefficient (Wildman–Crippen LogP) is 3.31. The monoisotopic (exact) mass is 266 g/mol. The highest BCUT2D eigenvalue weighted by atomic mass is 16.5. The summed E-state index contributed by atoms with van der Waals surface area (Å²) in [6, 6.07) is 11.6. The van der Waals surface area contributed by atoms with Crippen molar-refractivity contribution in [1.82, 2.24) is 9.97 Å². The number of ether oxygens (including phenoxy) is 2. The molecule has 2 heterocycles. The van der Waals surface area contributed by atoms with E-state index in [0.717, 1.165) is 22.2 Å². The molecule has 0 atom stereocenters. The van der Waals surface area contributed by atoms with Gasteiger partial charge in [-0.3, -0.25) is 9.97 Å². The zero-order valence-electron chi connectivity index (χ0n) is 11.3. The van der Waals surface area contributed by atoms with Gasteiger partial charge in [-0.1, -0.05) is 6.07 Å². The minimum atomic E-state index is 0.685. The van der Waals surface area contributed by atoms with Crippen LogP contribution in [0, 0.1) is 0 Å². The smallest absolute Gasteiger partial charge is 0.161 e. The van der Waals surface area contributed by atoms with Gasteiger partial charge in [0.2, 0.25) is 0 Å². The third kappa shape index (κ3) is 2.05. The summed E-state index contributed by atoms with van der Waals surface area (Å²) in [6.45, 7) is 0. The molecule has 0 saturated carbocycles. The molecule has 3 rings (SSSR count). The van der Waals surface area contributed by atoms with Gasteiger partial charge in [-0.05, 0) is 35.7 Å². The first-order valence-corrected chi connectivity index (χ1v) is 6.25. The second-order valence-electron chi connectivity index (χ2n) is 4.30. The first kappa shape index (κ1) is 12.4. The van der Waals surface area contributed by atoms with E-state index in [0.29, 0.717) is 11.5 Å². The van der Waals surface area contributed by atoms with Gasteiger partial charge in [0, 0.05) is 17.8 Å². The lowest BCUT2D eigenvalue weighted by Crippen LogP contribution is -1.93. The summed E-state index contributed by atoms with van der Waals surface area (Å²) in [5.41, 5.74) is 1.68. The summed E-state index contributed by atoms with van der Waals surface area (Å²) in [7, 11) is 3.25. The molecule has 0 aliphatic carbocycles. The second-order valence-corrected chi connectivity index (χ2v) is 4.30. The van der Waals surface area contributed by atoms with Crippen LogP contribution < -0.4 is 9.47 Å². The van der Waals surface area contributed by atoms with E-state index in [1.165, 1.54) is 0 Å². The molecule has 0 aliphatic heterocycles. The topological polar surface area (TPSA) is 44.2 Å². The Balaban J connectivity index is 2.29. The Morgan fingerprint density at radius 3 is 2.35 bits per heavy atom. The summed E-state index contributed by atoms with van der Waals surface area (Å²) in [5, 5.41) is 2.03. The number of hydrogen-bond acceptors (Lipinski definition) is 4. The Bertz CT molecular complexity index is 742. The van der Waals surface area contributed by atoms with Crippen molar-refractivity contribution in [2.75, 3.05) is 14.2 Å². The van der Waals surface area contributed by atoms with Crippen LogP contribution in [0.5, 0.6) is 11.5 Å². The van der Waals surface area contributed by atoms with E-state index >= 15 is 0 Å². The first-order valence-electron chi connectivity index (χ1n) is 6.25. The molecule has 1 aromatic carbocycles. The van der Waals surface area contributed by atoms with Crippen LogP contribution in [-0.4, -0.2) is 24.2 Å².